The fraction of sp³-hybridized carbons (Fsp3) is 0.100. The lowest BCUT2D eigenvalue weighted by atomic mass is 9.83. The van der Waals surface area contributed by atoms with E-state index in [1.165, 1.54) is 10.7 Å². The summed E-state index contributed by atoms with van der Waals surface area (Å²) < 4.78 is 36.3. The number of benzene rings is 2. The highest BCUT2D eigenvalue weighted by atomic mass is 19.1. The molecule has 0 amide bonds. The van der Waals surface area contributed by atoms with E-state index in [1.807, 2.05) is 36.4 Å². The van der Waals surface area contributed by atoms with E-state index in [1.54, 1.807) is 6.92 Å². The molecule has 0 aliphatic carbocycles. The number of aryl methyl sites for hydroxylation is 1. The van der Waals surface area contributed by atoms with Crippen LogP contribution in [-0.2, 0) is 0 Å². The highest BCUT2D eigenvalue weighted by Gasteiger charge is 2.38. The quantitative estimate of drug-likeness (QED) is 0.753. The zero-order valence-corrected chi connectivity index (χ0v) is 14.3. The molecule has 3 aromatic rings. The Kier molecular flexibility index (Phi) is 3.89. The molecule has 0 spiro atoms. The van der Waals surface area contributed by atoms with E-state index in [4.69, 9.17) is 10.5 Å². The van der Waals surface area contributed by atoms with Gasteiger partial charge in [0.1, 0.15) is 23.3 Å². The molecule has 1 aromatic heterocycles. The van der Waals surface area contributed by atoms with E-state index in [0.717, 1.165) is 12.1 Å². The van der Waals surface area contributed by atoms with Gasteiger partial charge < -0.3 is 10.5 Å². The molecule has 134 valence electrons. The molecule has 1 aliphatic rings. The van der Waals surface area contributed by atoms with Crippen molar-refractivity contribution in [1.29, 1.82) is 5.26 Å². The number of hydrogen-bond donors (Lipinski definition) is 1. The van der Waals surface area contributed by atoms with Crippen LogP contribution in [0.1, 0.15) is 22.7 Å². The van der Waals surface area contributed by atoms with Crippen LogP contribution < -0.4 is 10.5 Å². The van der Waals surface area contributed by atoms with Crippen molar-refractivity contribution in [3.63, 3.8) is 0 Å². The molecular weight excluding hydrogens is 350 g/mol. The van der Waals surface area contributed by atoms with Gasteiger partial charge in [0.05, 0.1) is 22.9 Å². The van der Waals surface area contributed by atoms with Crippen molar-refractivity contribution in [3.05, 3.63) is 88.4 Å². The monoisotopic (exact) mass is 364 g/mol. The first kappa shape index (κ1) is 16.8. The Morgan fingerprint density at radius 3 is 2.37 bits per heavy atom. The van der Waals surface area contributed by atoms with Crippen LogP contribution in [0.15, 0.2) is 60.0 Å². The number of ether oxygens (including phenoxy) is 1. The Bertz CT molecular complexity index is 1090. The smallest absolute Gasteiger partial charge is 0.229 e. The minimum Gasteiger partial charge on any atom is -0.422 e. The van der Waals surface area contributed by atoms with Crippen LogP contribution in [-0.4, -0.2) is 9.78 Å². The van der Waals surface area contributed by atoms with E-state index in [0.29, 0.717) is 16.9 Å². The molecule has 4 rings (SSSR count). The predicted molar refractivity (Wildman–Crippen MR) is 94.0 cm³/mol. The van der Waals surface area contributed by atoms with Crippen LogP contribution in [0.2, 0.25) is 0 Å². The van der Waals surface area contributed by atoms with E-state index in [2.05, 4.69) is 5.10 Å². The van der Waals surface area contributed by atoms with Crippen molar-refractivity contribution >= 4 is 0 Å². The van der Waals surface area contributed by atoms with Crippen LogP contribution >= 0.6 is 0 Å². The molecule has 2 N–H and O–H groups in total. The molecule has 5 nitrogen and oxygen atoms in total. The fourth-order valence-electron chi connectivity index (χ4n) is 3.33. The summed E-state index contributed by atoms with van der Waals surface area (Å²) in [5.74, 6) is -2.53. The van der Waals surface area contributed by atoms with E-state index < -0.39 is 17.6 Å². The SMILES string of the molecule is Cc1nn(-c2ccccc2)c2c1[C@@H](c1c(F)cccc1F)C(C#N)=C(N)O2. The number of fused-ring (bicyclic) bond motifs is 1. The highest BCUT2D eigenvalue weighted by molar-refractivity contribution is 5.57. The Labute approximate surface area is 153 Å². The van der Waals surface area contributed by atoms with Gasteiger partial charge in [-0.05, 0) is 31.2 Å². The molecule has 2 heterocycles. The van der Waals surface area contributed by atoms with Gasteiger partial charge in [0.25, 0.3) is 0 Å². The Hall–Kier alpha value is -3.66. The van der Waals surface area contributed by atoms with Gasteiger partial charge in [-0.1, -0.05) is 24.3 Å². The highest BCUT2D eigenvalue weighted by Crippen LogP contribution is 2.45. The largest absolute Gasteiger partial charge is 0.422 e. The van der Waals surface area contributed by atoms with Gasteiger partial charge in [-0.3, -0.25) is 0 Å². The van der Waals surface area contributed by atoms with Crippen molar-refractivity contribution in [2.75, 3.05) is 0 Å². The number of hydrogen-bond acceptors (Lipinski definition) is 4. The number of nitrogens with zero attached hydrogens (tertiary/aromatic N) is 3. The molecule has 1 aliphatic heterocycles. The third kappa shape index (κ3) is 2.54. The third-order valence-corrected chi connectivity index (χ3v) is 4.52. The van der Waals surface area contributed by atoms with Gasteiger partial charge in [0.15, 0.2) is 0 Å². The minimum atomic E-state index is -1.04. The average molecular weight is 364 g/mol. The maximum atomic E-state index is 14.5. The van der Waals surface area contributed by atoms with Crippen LogP contribution in [0.25, 0.3) is 5.69 Å². The van der Waals surface area contributed by atoms with Crippen molar-refractivity contribution in [1.82, 2.24) is 9.78 Å². The second kappa shape index (κ2) is 6.25. The molecule has 0 fully saturated rings. The van der Waals surface area contributed by atoms with Crippen LogP contribution in [0.4, 0.5) is 8.78 Å². The summed E-state index contributed by atoms with van der Waals surface area (Å²) in [6.07, 6.45) is 0. The summed E-state index contributed by atoms with van der Waals surface area (Å²) in [6, 6.07) is 14.6. The number of para-hydroxylation sites is 1. The summed E-state index contributed by atoms with van der Waals surface area (Å²) >= 11 is 0. The summed E-state index contributed by atoms with van der Waals surface area (Å²) in [5.41, 5.74) is 7.23. The molecule has 0 radical (unpaired) electrons. The molecule has 0 saturated carbocycles. The molecule has 0 saturated heterocycles. The number of nitriles is 1. The number of allylic oxidation sites excluding steroid dienone is 1. The summed E-state index contributed by atoms with van der Waals surface area (Å²) in [4.78, 5) is 0. The Morgan fingerprint density at radius 2 is 1.74 bits per heavy atom. The van der Waals surface area contributed by atoms with Crippen molar-refractivity contribution in [2.24, 2.45) is 5.73 Å². The second-order valence-electron chi connectivity index (χ2n) is 6.11. The molecule has 2 aromatic carbocycles. The minimum absolute atomic E-state index is 0.0535. The summed E-state index contributed by atoms with van der Waals surface area (Å²) in [6.45, 7) is 1.70. The molecule has 27 heavy (non-hydrogen) atoms. The van der Waals surface area contributed by atoms with Crippen LogP contribution in [0.3, 0.4) is 0 Å². The first-order valence-electron chi connectivity index (χ1n) is 8.19. The van der Waals surface area contributed by atoms with E-state index in [-0.39, 0.29) is 22.9 Å². The maximum absolute atomic E-state index is 14.5. The summed E-state index contributed by atoms with van der Waals surface area (Å²) in [7, 11) is 0. The van der Waals surface area contributed by atoms with E-state index >= 15 is 0 Å². The molecular formula is C20H14F2N4O. The van der Waals surface area contributed by atoms with Crippen molar-refractivity contribution in [3.8, 4) is 17.6 Å². The van der Waals surface area contributed by atoms with Crippen molar-refractivity contribution < 1.29 is 13.5 Å². The molecule has 7 heteroatoms. The van der Waals surface area contributed by atoms with Gasteiger partial charge in [0, 0.05) is 5.56 Å². The standard InChI is InChI=1S/C20H14F2N4O/c1-11-16-17(18-14(21)8-5-9-15(18)22)13(10-23)19(24)27-20(16)26(25-11)12-6-3-2-4-7-12/h2-9,17H,24H2,1H3/t17-/m0/s1. The number of halogens is 2. The first-order chi connectivity index (χ1) is 13.0. The number of aromatic nitrogens is 2. The fourth-order valence-corrected chi connectivity index (χ4v) is 3.33. The normalized spacial score (nSPS) is 15.9. The van der Waals surface area contributed by atoms with Crippen LogP contribution in [0.5, 0.6) is 5.88 Å². The molecule has 1 atom stereocenters. The number of nitrogens with two attached hydrogens (primary N) is 1. The third-order valence-electron chi connectivity index (χ3n) is 4.52. The molecule has 0 unspecified atom stereocenters. The maximum Gasteiger partial charge on any atom is 0.229 e. The predicted octanol–water partition coefficient (Wildman–Crippen LogP) is 3.68. The van der Waals surface area contributed by atoms with Gasteiger partial charge in [0.2, 0.25) is 11.8 Å². The second-order valence-corrected chi connectivity index (χ2v) is 6.11. The Morgan fingerprint density at radius 1 is 1.07 bits per heavy atom. The lowest BCUT2D eigenvalue weighted by molar-refractivity contribution is 0.365. The molecule has 0 bridgehead atoms. The lowest BCUT2D eigenvalue weighted by Gasteiger charge is -2.25. The van der Waals surface area contributed by atoms with E-state index in [9.17, 15) is 14.0 Å². The number of rotatable bonds is 2. The lowest BCUT2D eigenvalue weighted by Crippen LogP contribution is -2.23. The summed E-state index contributed by atoms with van der Waals surface area (Å²) in [5, 5.41) is 14.0. The zero-order valence-electron chi connectivity index (χ0n) is 14.3. The average Bonchev–Trinajstić information content (AvgIpc) is 2.98. The first-order valence-corrected chi connectivity index (χ1v) is 8.19. The van der Waals surface area contributed by atoms with Gasteiger partial charge in [-0.2, -0.15) is 10.4 Å². The van der Waals surface area contributed by atoms with Gasteiger partial charge in [-0.15, -0.1) is 0 Å². The van der Waals surface area contributed by atoms with Crippen LogP contribution in [0, 0.1) is 29.9 Å². The zero-order chi connectivity index (χ0) is 19.1. The Balaban J connectivity index is 2.02. The topological polar surface area (TPSA) is 76.9 Å². The van der Waals surface area contributed by atoms with Gasteiger partial charge >= 0.3 is 0 Å². The van der Waals surface area contributed by atoms with Gasteiger partial charge in [-0.25, -0.2) is 13.5 Å². The van der Waals surface area contributed by atoms with Crippen molar-refractivity contribution in [2.45, 2.75) is 12.8 Å².